The third-order valence-electron chi connectivity index (χ3n) is 4.69. The molecule has 0 saturated heterocycles. The molecular weight excluding hydrogens is 362 g/mol. The first-order valence-electron chi connectivity index (χ1n) is 9.24. The molecule has 2 aromatic heterocycles. The highest BCUT2D eigenvalue weighted by Crippen LogP contribution is 2.29. The van der Waals surface area contributed by atoms with E-state index in [1.165, 1.54) is 6.08 Å². The molecule has 6 heteroatoms. The number of nitrogens with zero attached hydrogens (tertiary/aromatic N) is 3. The van der Waals surface area contributed by atoms with Crippen LogP contribution in [0.5, 0.6) is 0 Å². The average molecular weight is 383 g/mol. The third kappa shape index (κ3) is 3.73. The zero-order chi connectivity index (χ0) is 20.4. The van der Waals surface area contributed by atoms with Crippen molar-refractivity contribution in [1.29, 1.82) is 0 Å². The highest BCUT2D eigenvalue weighted by Gasteiger charge is 2.13. The van der Waals surface area contributed by atoms with E-state index in [-0.39, 0.29) is 5.91 Å². The summed E-state index contributed by atoms with van der Waals surface area (Å²) in [6, 6.07) is 15.6. The quantitative estimate of drug-likeness (QED) is 0.485. The molecule has 144 valence electrons. The summed E-state index contributed by atoms with van der Waals surface area (Å²) < 4.78 is 2.08. The Balaban J connectivity index is 1.68. The van der Waals surface area contributed by atoms with Crippen molar-refractivity contribution < 1.29 is 4.79 Å². The van der Waals surface area contributed by atoms with Gasteiger partial charge in [0.1, 0.15) is 5.82 Å². The van der Waals surface area contributed by atoms with Gasteiger partial charge in [-0.2, -0.15) is 0 Å². The molecule has 2 N–H and O–H groups in total. The molecule has 0 atom stereocenters. The van der Waals surface area contributed by atoms with Crippen molar-refractivity contribution in [3.05, 3.63) is 79.1 Å². The number of fused-ring (bicyclic) bond motifs is 1. The fourth-order valence-electron chi connectivity index (χ4n) is 3.22. The second-order valence-corrected chi connectivity index (χ2v) is 6.80. The zero-order valence-electron chi connectivity index (χ0n) is 16.3. The van der Waals surface area contributed by atoms with E-state index in [0.717, 1.165) is 33.5 Å². The molecule has 0 aliphatic rings. The van der Waals surface area contributed by atoms with Crippen molar-refractivity contribution in [1.82, 2.24) is 14.5 Å². The first-order chi connectivity index (χ1) is 14.0. The molecule has 1 amide bonds. The lowest BCUT2D eigenvalue weighted by molar-refractivity contribution is -0.111. The summed E-state index contributed by atoms with van der Waals surface area (Å²) in [5.41, 5.74) is 4.54. The summed E-state index contributed by atoms with van der Waals surface area (Å²) >= 11 is 0. The monoisotopic (exact) mass is 383 g/mol. The molecule has 0 spiro atoms. The van der Waals surface area contributed by atoms with E-state index in [1.807, 2.05) is 62.8 Å². The maximum atomic E-state index is 11.5. The Bertz CT molecular complexity index is 1230. The van der Waals surface area contributed by atoms with Crippen LogP contribution in [0, 0.1) is 6.92 Å². The molecule has 0 radical (unpaired) electrons. The van der Waals surface area contributed by atoms with Gasteiger partial charge < -0.3 is 15.2 Å². The standard InChI is InChI=1S/C23H21N5O/c1-4-21(29)25-16-8-7-9-17(12-16)26-22-15(2)13-24-23(27-22)19-14-28(3)20-11-6-5-10-18(19)20/h4-14H,1H2,2-3H3,(H,25,29)(H,24,26,27). The Morgan fingerprint density at radius 1 is 1.14 bits per heavy atom. The minimum atomic E-state index is -0.251. The fourth-order valence-corrected chi connectivity index (χ4v) is 3.22. The van der Waals surface area contributed by atoms with Crippen LogP contribution in [0.1, 0.15) is 5.56 Å². The second-order valence-electron chi connectivity index (χ2n) is 6.80. The van der Waals surface area contributed by atoms with E-state index in [4.69, 9.17) is 4.98 Å². The van der Waals surface area contributed by atoms with Gasteiger partial charge in [0.25, 0.3) is 0 Å². The number of benzene rings is 2. The zero-order valence-corrected chi connectivity index (χ0v) is 16.3. The number of aromatic nitrogens is 3. The van der Waals surface area contributed by atoms with Crippen molar-refractivity contribution in [3.63, 3.8) is 0 Å². The van der Waals surface area contributed by atoms with E-state index in [0.29, 0.717) is 11.5 Å². The topological polar surface area (TPSA) is 71.8 Å². The van der Waals surface area contributed by atoms with Gasteiger partial charge in [-0.15, -0.1) is 0 Å². The minimum Gasteiger partial charge on any atom is -0.350 e. The van der Waals surface area contributed by atoms with Crippen LogP contribution >= 0.6 is 0 Å². The van der Waals surface area contributed by atoms with Crippen molar-refractivity contribution >= 4 is 34.0 Å². The molecule has 29 heavy (non-hydrogen) atoms. The summed E-state index contributed by atoms with van der Waals surface area (Å²) in [5.74, 6) is 1.12. The molecule has 0 aliphatic carbocycles. The van der Waals surface area contributed by atoms with Crippen LogP contribution in [-0.4, -0.2) is 20.4 Å². The highest BCUT2D eigenvalue weighted by atomic mass is 16.1. The SMILES string of the molecule is C=CC(=O)Nc1cccc(Nc2nc(-c3cn(C)c4ccccc34)ncc2C)c1. The summed E-state index contributed by atoms with van der Waals surface area (Å²) in [4.78, 5) is 20.9. The molecule has 4 aromatic rings. The Morgan fingerprint density at radius 3 is 2.76 bits per heavy atom. The van der Waals surface area contributed by atoms with Crippen LogP contribution in [0.25, 0.3) is 22.3 Å². The van der Waals surface area contributed by atoms with Crippen molar-refractivity contribution in [2.24, 2.45) is 7.05 Å². The molecule has 2 aromatic carbocycles. The maximum Gasteiger partial charge on any atom is 0.247 e. The number of carbonyl (C=O) groups is 1. The predicted molar refractivity (Wildman–Crippen MR) is 117 cm³/mol. The molecule has 6 nitrogen and oxygen atoms in total. The number of hydrogen-bond donors (Lipinski definition) is 2. The van der Waals surface area contributed by atoms with E-state index in [2.05, 4.69) is 38.9 Å². The number of nitrogens with one attached hydrogen (secondary N) is 2. The fraction of sp³-hybridized carbons (Fsp3) is 0.0870. The summed E-state index contributed by atoms with van der Waals surface area (Å²) in [5, 5.41) is 7.20. The van der Waals surface area contributed by atoms with E-state index < -0.39 is 0 Å². The normalized spacial score (nSPS) is 10.7. The van der Waals surface area contributed by atoms with Gasteiger partial charge in [0.2, 0.25) is 5.91 Å². The van der Waals surface area contributed by atoms with Gasteiger partial charge >= 0.3 is 0 Å². The molecule has 0 saturated carbocycles. The van der Waals surface area contributed by atoms with Crippen molar-refractivity contribution in [2.45, 2.75) is 6.92 Å². The van der Waals surface area contributed by atoms with Crippen LogP contribution in [0.2, 0.25) is 0 Å². The Hall–Kier alpha value is -3.93. The lowest BCUT2D eigenvalue weighted by Crippen LogP contribution is -2.07. The lowest BCUT2D eigenvalue weighted by atomic mass is 10.1. The maximum absolute atomic E-state index is 11.5. The van der Waals surface area contributed by atoms with Crippen LogP contribution in [0.15, 0.2) is 73.6 Å². The third-order valence-corrected chi connectivity index (χ3v) is 4.69. The van der Waals surface area contributed by atoms with Gasteiger partial charge in [0, 0.05) is 52.8 Å². The van der Waals surface area contributed by atoms with Gasteiger partial charge in [-0.3, -0.25) is 4.79 Å². The summed E-state index contributed by atoms with van der Waals surface area (Å²) in [6.45, 7) is 5.43. The van der Waals surface area contributed by atoms with Gasteiger partial charge in [0.15, 0.2) is 5.82 Å². The van der Waals surface area contributed by atoms with Crippen LogP contribution in [0.3, 0.4) is 0 Å². The van der Waals surface area contributed by atoms with E-state index in [1.54, 1.807) is 0 Å². The molecule has 4 rings (SSSR count). The Labute approximate surface area is 168 Å². The number of aryl methyl sites for hydroxylation is 2. The Kier molecular flexibility index (Phi) is 4.83. The molecule has 2 heterocycles. The highest BCUT2D eigenvalue weighted by molar-refractivity contribution is 5.99. The molecule has 0 unspecified atom stereocenters. The second kappa shape index (κ2) is 7.59. The van der Waals surface area contributed by atoms with E-state index >= 15 is 0 Å². The average Bonchev–Trinajstić information content (AvgIpc) is 3.07. The number of anilines is 3. The molecular formula is C23H21N5O. The van der Waals surface area contributed by atoms with Gasteiger partial charge in [-0.25, -0.2) is 9.97 Å². The van der Waals surface area contributed by atoms with E-state index in [9.17, 15) is 4.79 Å². The van der Waals surface area contributed by atoms with Crippen LogP contribution in [-0.2, 0) is 11.8 Å². The van der Waals surface area contributed by atoms with Crippen molar-refractivity contribution in [2.75, 3.05) is 10.6 Å². The van der Waals surface area contributed by atoms with Crippen LogP contribution in [0.4, 0.5) is 17.2 Å². The lowest BCUT2D eigenvalue weighted by Gasteiger charge is -2.11. The Morgan fingerprint density at radius 2 is 1.93 bits per heavy atom. The predicted octanol–water partition coefficient (Wildman–Crippen LogP) is 4.81. The van der Waals surface area contributed by atoms with Crippen LogP contribution < -0.4 is 10.6 Å². The van der Waals surface area contributed by atoms with Crippen molar-refractivity contribution in [3.8, 4) is 11.4 Å². The number of amides is 1. The number of carbonyl (C=O) groups excluding carboxylic acids is 1. The number of hydrogen-bond acceptors (Lipinski definition) is 4. The smallest absolute Gasteiger partial charge is 0.247 e. The number of para-hydroxylation sites is 1. The molecule has 0 aliphatic heterocycles. The van der Waals surface area contributed by atoms with Gasteiger partial charge in [0.05, 0.1) is 0 Å². The summed E-state index contributed by atoms with van der Waals surface area (Å²) in [6.07, 6.45) is 5.10. The van der Waals surface area contributed by atoms with Gasteiger partial charge in [-0.05, 0) is 37.3 Å². The minimum absolute atomic E-state index is 0.251. The largest absolute Gasteiger partial charge is 0.350 e. The summed E-state index contributed by atoms with van der Waals surface area (Å²) in [7, 11) is 2.02. The molecule has 0 fully saturated rings. The first-order valence-corrected chi connectivity index (χ1v) is 9.24. The first kappa shape index (κ1) is 18.4. The molecule has 0 bridgehead atoms. The van der Waals surface area contributed by atoms with Gasteiger partial charge in [-0.1, -0.05) is 30.8 Å². The number of rotatable bonds is 5.